The SMILES string of the molecule is Cc1ccc(C)c(NC(=O)Cn2c(=O)n(CCC(C)C)c(=O)c3ccccc32)c1. The molecule has 0 radical (unpaired) electrons. The van der Waals surface area contributed by atoms with E-state index in [-0.39, 0.29) is 18.0 Å². The Bertz CT molecular complexity index is 1170. The molecule has 0 aliphatic heterocycles. The van der Waals surface area contributed by atoms with Crippen LogP contribution in [0, 0.1) is 19.8 Å². The Hall–Kier alpha value is -3.15. The lowest BCUT2D eigenvalue weighted by Gasteiger charge is -2.15. The van der Waals surface area contributed by atoms with Crippen LogP contribution >= 0.6 is 0 Å². The van der Waals surface area contributed by atoms with Crippen molar-refractivity contribution in [3.63, 3.8) is 0 Å². The highest BCUT2D eigenvalue weighted by molar-refractivity contribution is 5.92. The standard InChI is InChI=1S/C23H27N3O3/c1-15(2)11-12-25-22(28)18-7-5-6-8-20(18)26(23(25)29)14-21(27)24-19-13-16(3)9-10-17(19)4/h5-10,13,15H,11-12,14H2,1-4H3,(H,24,27). The van der Waals surface area contributed by atoms with Crippen molar-refractivity contribution < 1.29 is 4.79 Å². The molecule has 1 amide bonds. The number of nitrogens with zero attached hydrogens (tertiary/aromatic N) is 2. The number of carbonyl (C=O) groups excluding carboxylic acids is 1. The molecular weight excluding hydrogens is 366 g/mol. The van der Waals surface area contributed by atoms with Gasteiger partial charge in [-0.05, 0) is 55.5 Å². The zero-order valence-corrected chi connectivity index (χ0v) is 17.4. The molecule has 3 rings (SSSR count). The normalized spacial score (nSPS) is 11.2. The van der Waals surface area contributed by atoms with E-state index in [1.165, 1.54) is 9.13 Å². The summed E-state index contributed by atoms with van der Waals surface area (Å²) in [5, 5.41) is 3.33. The molecule has 0 unspecified atom stereocenters. The molecular formula is C23H27N3O3. The number of fused-ring (bicyclic) bond motifs is 1. The van der Waals surface area contributed by atoms with Gasteiger partial charge in [0.15, 0.2) is 0 Å². The van der Waals surface area contributed by atoms with Crippen LogP contribution in [-0.2, 0) is 17.9 Å². The van der Waals surface area contributed by atoms with Gasteiger partial charge in [-0.2, -0.15) is 0 Å². The van der Waals surface area contributed by atoms with Crippen molar-refractivity contribution in [2.24, 2.45) is 5.92 Å². The third-order valence-corrected chi connectivity index (χ3v) is 5.03. The largest absolute Gasteiger partial charge is 0.331 e. The highest BCUT2D eigenvalue weighted by atomic mass is 16.2. The topological polar surface area (TPSA) is 73.1 Å². The molecule has 0 spiro atoms. The molecule has 0 atom stereocenters. The van der Waals surface area contributed by atoms with Crippen molar-refractivity contribution in [2.45, 2.75) is 47.2 Å². The Kier molecular flexibility index (Phi) is 6.01. The molecule has 0 aliphatic carbocycles. The van der Waals surface area contributed by atoms with Gasteiger partial charge in [0.25, 0.3) is 5.56 Å². The summed E-state index contributed by atoms with van der Waals surface area (Å²) in [7, 11) is 0. The van der Waals surface area contributed by atoms with E-state index in [1.54, 1.807) is 24.3 Å². The van der Waals surface area contributed by atoms with Crippen molar-refractivity contribution in [3.8, 4) is 0 Å². The number of rotatable bonds is 6. The molecule has 6 heteroatoms. The third-order valence-electron chi connectivity index (χ3n) is 5.03. The fourth-order valence-electron chi connectivity index (χ4n) is 3.31. The summed E-state index contributed by atoms with van der Waals surface area (Å²) < 4.78 is 2.63. The van der Waals surface area contributed by atoms with E-state index in [4.69, 9.17) is 0 Å². The van der Waals surface area contributed by atoms with Gasteiger partial charge in [0.1, 0.15) is 6.54 Å². The highest BCUT2D eigenvalue weighted by Crippen LogP contribution is 2.16. The molecule has 1 N–H and O–H groups in total. The summed E-state index contributed by atoms with van der Waals surface area (Å²) in [5.41, 5.74) is 2.42. The molecule has 0 saturated heterocycles. The molecule has 6 nitrogen and oxygen atoms in total. The fourth-order valence-corrected chi connectivity index (χ4v) is 3.31. The van der Waals surface area contributed by atoms with Crippen LogP contribution in [0.4, 0.5) is 5.69 Å². The first kappa shape index (κ1) is 20.6. The molecule has 3 aromatic rings. The maximum Gasteiger partial charge on any atom is 0.331 e. The van der Waals surface area contributed by atoms with Crippen LogP contribution < -0.4 is 16.6 Å². The van der Waals surface area contributed by atoms with Crippen LogP contribution in [0.15, 0.2) is 52.1 Å². The minimum atomic E-state index is -0.453. The summed E-state index contributed by atoms with van der Waals surface area (Å²) in [5.74, 6) is 0.0498. The molecule has 1 heterocycles. The van der Waals surface area contributed by atoms with Crippen molar-refractivity contribution in [3.05, 3.63) is 74.4 Å². The Balaban J connectivity index is 2.01. The molecule has 0 fully saturated rings. The van der Waals surface area contributed by atoms with Gasteiger partial charge in [0.2, 0.25) is 5.91 Å². The number of nitrogens with one attached hydrogen (secondary N) is 1. The fraction of sp³-hybridized carbons (Fsp3) is 0.348. The van der Waals surface area contributed by atoms with Gasteiger partial charge in [0.05, 0.1) is 10.9 Å². The number of amides is 1. The second-order valence-corrected chi connectivity index (χ2v) is 7.89. The Labute approximate surface area is 169 Å². The van der Waals surface area contributed by atoms with Crippen LogP contribution in [0.5, 0.6) is 0 Å². The minimum Gasteiger partial charge on any atom is -0.324 e. The molecule has 2 aromatic carbocycles. The molecule has 0 aliphatic rings. The van der Waals surface area contributed by atoms with Crippen LogP contribution in [0.2, 0.25) is 0 Å². The molecule has 29 heavy (non-hydrogen) atoms. The minimum absolute atomic E-state index is 0.158. The van der Waals surface area contributed by atoms with Crippen LogP contribution in [0.1, 0.15) is 31.4 Å². The highest BCUT2D eigenvalue weighted by Gasteiger charge is 2.16. The average Bonchev–Trinajstić information content (AvgIpc) is 2.67. The van der Waals surface area contributed by atoms with Crippen molar-refractivity contribution >= 4 is 22.5 Å². The first-order valence-electron chi connectivity index (χ1n) is 9.87. The predicted octanol–water partition coefficient (Wildman–Crippen LogP) is 3.46. The summed E-state index contributed by atoms with van der Waals surface area (Å²) in [6.45, 7) is 8.14. The molecule has 0 saturated carbocycles. The van der Waals surface area contributed by atoms with Crippen LogP contribution in [-0.4, -0.2) is 15.0 Å². The van der Waals surface area contributed by atoms with E-state index >= 15 is 0 Å². The van der Waals surface area contributed by atoms with Gasteiger partial charge in [-0.1, -0.05) is 38.1 Å². The lowest BCUT2D eigenvalue weighted by atomic mass is 10.1. The van der Waals surface area contributed by atoms with Crippen LogP contribution in [0.25, 0.3) is 10.9 Å². The monoisotopic (exact) mass is 393 g/mol. The summed E-state index contributed by atoms with van der Waals surface area (Å²) in [4.78, 5) is 38.6. The Morgan fingerprint density at radius 3 is 2.48 bits per heavy atom. The van der Waals surface area contributed by atoms with E-state index in [0.717, 1.165) is 16.8 Å². The maximum absolute atomic E-state index is 13.1. The quantitative estimate of drug-likeness (QED) is 0.697. The third kappa shape index (κ3) is 4.47. The number of hydrogen-bond acceptors (Lipinski definition) is 3. The predicted molar refractivity (Wildman–Crippen MR) is 116 cm³/mol. The number of anilines is 1. The number of para-hydroxylation sites is 1. The summed E-state index contributed by atoms with van der Waals surface area (Å²) in [6.07, 6.45) is 0.710. The lowest BCUT2D eigenvalue weighted by Crippen LogP contribution is -2.42. The van der Waals surface area contributed by atoms with E-state index in [9.17, 15) is 14.4 Å². The molecule has 152 valence electrons. The van der Waals surface area contributed by atoms with E-state index in [0.29, 0.717) is 29.8 Å². The van der Waals surface area contributed by atoms with Gasteiger partial charge in [-0.25, -0.2) is 4.79 Å². The second kappa shape index (κ2) is 8.47. The Morgan fingerprint density at radius 1 is 1.03 bits per heavy atom. The van der Waals surface area contributed by atoms with E-state index < -0.39 is 5.69 Å². The summed E-state index contributed by atoms with van der Waals surface area (Å²) >= 11 is 0. The number of aromatic nitrogens is 2. The second-order valence-electron chi connectivity index (χ2n) is 7.89. The van der Waals surface area contributed by atoms with Crippen LogP contribution in [0.3, 0.4) is 0 Å². The smallest absolute Gasteiger partial charge is 0.324 e. The van der Waals surface area contributed by atoms with Gasteiger partial charge < -0.3 is 5.32 Å². The first-order chi connectivity index (χ1) is 13.8. The summed E-state index contributed by atoms with van der Waals surface area (Å²) in [6, 6.07) is 12.8. The van der Waals surface area contributed by atoms with Crippen molar-refractivity contribution in [1.29, 1.82) is 0 Å². The van der Waals surface area contributed by atoms with Gasteiger partial charge >= 0.3 is 5.69 Å². The van der Waals surface area contributed by atoms with Crippen molar-refractivity contribution in [2.75, 3.05) is 5.32 Å². The van der Waals surface area contributed by atoms with Gasteiger partial charge in [-0.3, -0.25) is 18.7 Å². The molecule has 0 bridgehead atoms. The number of hydrogen-bond donors (Lipinski definition) is 1. The van der Waals surface area contributed by atoms with Crippen molar-refractivity contribution in [1.82, 2.24) is 9.13 Å². The number of benzene rings is 2. The lowest BCUT2D eigenvalue weighted by molar-refractivity contribution is -0.116. The van der Waals surface area contributed by atoms with Gasteiger partial charge in [-0.15, -0.1) is 0 Å². The Morgan fingerprint density at radius 2 is 1.76 bits per heavy atom. The van der Waals surface area contributed by atoms with E-state index in [1.807, 2.05) is 45.9 Å². The zero-order valence-electron chi connectivity index (χ0n) is 17.4. The maximum atomic E-state index is 13.1. The number of carbonyl (C=O) groups is 1. The molecule has 1 aromatic heterocycles. The van der Waals surface area contributed by atoms with Gasteiger partial charge in [0, 0.05) is 12.2 Å². The first-order valence-corrected chi connectivity index (χ1v) is 9.87. The average molecular weight is 393 g/mol. The number of aryl methyl sites for hydroxylation is 2. The van der Waals surface area contributed by atoms with E-state index in [2.05, 4.69) is 5.32 Å². The zero-order chi connectivity index (χ0) is 21.1.